The van der Waals surface area contributed by atoms with Gasteiger partial charge in [-0.25, -0.2) is 9.18 Å². The Morgan fingerprint density at radius 2 is 2.03 bits per heavy atom. The van der Waals surface area contributed by atoms with Crippen LogP contribution in [0.5, 0.6) is 5.75 Å². The maximum absolute atomic E-state index is 13.6. The van der Waals surface area contributed by atoms with Crippen LogP contribution < -0.4 is 10.1 Å². The highest BCUT2D eigenvalue weighted by molar-refractivity contribution is 5.86. The molecule has 0 fully saturated rings. The van der Waals surface area contributed by atoms with Crippen molar-refractivity contribution < 1.29 is 18.4 Å². The molecule has 2 amide bonds. The molecule has 1 aliphatic heterocycles. The highest BCUT2D eigenvalue weighted by atomic mass is 19.1. The van der Waals surface area contributed by atoms with Gasteiger partial charge in [-0.15, -0.1) is 0 Å². The van der Waals surface area contributed by atoms with Crippen LogP contribution in [0.25, 0.3) is 17.0 Å². The molecule has 0 saturated carbocycles. The van der Waals surface area contributed by atoms with Crippen LogP contribution >= 0.6 is 0 Å². The second-order valence-corrected chi connectivity index (χ2v) is 7.24. The van der Waals surface area contributed by atoms with Crippen LogP contribution in [0.2, 0.25) is 0 Å². The lowest BCUT2D eigenvalue weighted by atomic mass is 9.94. The van der Waals surface area contributed by atoms with Crippen molar-refractivity contribution in [2.24, 2.45) is 0 Å². The third-order valence-electron chi connectivity index (χ3n) is 5.21. The molecule has 0 bridgehead atoms. The molecule has 1 atom stereocenters. The summed E-state index contributed by atoms with van der Waals surface area (Å²) in [4.78, 5) is 19.0. The molecular weight excluding hydrogens is 399 g/mol. The summed E-state index contributed by atoms with van der Waals surface area (Å²) < 4.78 is 24.6. The fourth-order valence-electron chi connectivity index (χ4n) is 3.70. The summed E-state index contributed by atoms with van der Waals surface area (Å²) >= 11 is 0. The lowest BCUT2D eigenvalue weighted by Gasteiger charge is -2.35. The number of rotatable bonds is 6. The van der Waals surface area contributed by atoms with Crippen LogP contribution in [0.15, 0.2) is 58.8 Å². The van der Waals surface area contributed by atoms with E-state index in [1.54, 1.807) is 24.1 Å². The van der Waals surface area contributed by atoms with E-state index < -0.39 is 6.04 Å². The zero-order valence-corrected chi connectivity index (χ0v) is 17.6. The van der Waals surface area contributed by atoms with Gasteiger partial charge in [0.2, 0.25) is 5.82 Å². The molecule has 31 heavy (non-hydrogen) atoms. The van der Waals surface area contributed by atoms with E-state index in [1.165, 1.54) is 12.1 Å². The van der Waals surface area contributed by atoms with Gasteiger partial charge in [0, 0.05) is 17.8 Å². The smallest absolute Gasteiger partial charge is 0.322 e. The number of amides is 2. The lowest BCUT2D eigenvalue weighted by Crippen LogP contribution is -2.46. The largest absolute Gasteiger partial charge is 0.497 e. The minimum absolute atomic E-state index is 0.194. The first-order chi connectivity index (χ1) is 15.0. The molecule has 0 spiro atoms. The first-order valence-electron chi connectivity index (χ1n) is 10.0. The first kappa shape index (κ1) is 20.6. The topological polar surface area (TPSA) is 80.5 Å². The molecule has 1 aliphatic rings. The number of carbonyl (C=O) groups excluding carboxylic acids is 1. The average Bonchev–Trinajstić information content (AvgIpc) is 3.26. The second-order valence-electron chi connectivity index (χ2n) is 7.24. The number of halogens is 1. The number of nitrogens with one attached hydrogen (secondary N) is 1. The second kappa shape index (κ2) is 8.59. The summed E-state index contributed by atoms with van der Waals surface area (Å²) in [5, 5.41) is 7.09. The standard InChI is InChI=1S/C23H23FN4O3/c1-4-11-28-14(2)19(20(25-23(28)29)15-7-6-10-18(13-15)30-3)22-26-21(27-31-22)16-8-5-9-17(24)12-16/h5-10,12-13,20H,4,11H2,1-3H3,(H,25,29). The Kier molecular flexibility index (Phi) is 5.70. The number of benzene rings is 2. The summed E-state index contributed by atoms with van der Waals surface area (Å²) in [6, 6.07) is 12.8. The normalized spacial score (nSPS) is 16.5. The maximum atomic E-state index is 13.6. The quantitative estimate of drug-likeness (QED) is 0.618. The Morgan fingerprint density at radius 3 is 2.77 bits per heavy atom. The van der Waals surface area contributed by atoms with Gasteiger partial charge < -0.3 is 14.6 Å². The van der Waals surface area contributed by atoms with Crippen molar-refractivity contribution >= 4 is 11.6 Å². The number of hydrogen-bond acceptors (Lipinski definition) is 5. The van der Waals surface area contributed by atoms with Crippen LogP contribution in [0.1, 0.15) is 37.8 Å². The van der Waals surface area contributed by atoms with Gasteiger partial charge in [0.05, 0.1) is 18.7 Å². The molecule has 0 radical (unpaired) electrons. The molecule has 2 heterocycles. The molecule has 1 unspecified atom stereocenters. The van der Waals surface area contributed by atoms with Gasteiger partial charge in [0.25, 0.3) is 5.89 Å². The van der Waals surface area contributed by atoms with Crippen LogP contribution in [-0.4, -0.2) is 34.7 Å². The van der Waals surface area contributed by atoms with Gasteiger partial charge >= 0.3 is 6.03 Å². The average molecular weight is 422 g/mol. The monoisotopic (exact) mass is 422 g/mol. The zero-order valence-electron chi connectivity index (χ0n) is 17.6. The van der Waals surface area contributed by atoms with Crippen molar-refractivity contribution in [3.05, 3.63) is 71.5 Å². The number of urea groups is 1. The van der Waals surface area contributed by atoms with Gasteiger partial charge in [0.15, 0.2) is 0 Å². The van der Waals surface area contributed by atoms with Crippen LogP contribution in [0.4, 0.5) is 9.18 Å². The van der Waals surface area contributed by atoms with Crippen LogP contribution in [-0.2, 0) is 0 Å². The highest BCUT2D eigenvalue weighted by Crippen LogP contribution is 2.38. The molecule has 1 aromatic heterocycles. The van der Waals surface area contributed by atoms with Crippen molar-refractivity contribution in [1.29, 1.82) is 0 Å². The molecule has 0 saturated heterocycles. The molecule has 2 aromatic carbocycles. The fourth-order valence-corrected chi connectivity index (χ4v) is 3.70. The minimum atomic E-state index is -0.503. The van der Waals surface area contributed by atoms with E-state index in [2.05, 4.69) is 15.5 Å². The third kappa shape index (κ3) is 4.01. The third-order valence-corrected chi connectivity index (χ3v) is 5.21. The van der Waals surface area contributed by atoms with E-state index in [0.717, 1.165) is 17.7 Å². The van der Waals surface area contributed by atoms with E-state index in [-0.39, 0.29) is 23.6 Å². The number of methoxy groups -OCH3 is 1. The molecule has 1 N–H and O–H groups in total. The molecular formula is C23H23FN4O3. The van der Waals surface area contributed by atoms with Crippen molar-refractivity contribution in [2.75, 3.05) is 13.7 Å². The number of aromatic nitrogens is 2. The first-order valence-corrected chi connectivity index (χ1v) is 10.0. The molecule has 7 nitrogen and oxygen atoms in total. The van der Waals surface area contributed by atoms with Crippen LogP contribution in [0, 0.1) is 5.82 Å². The van der Waals surface area contributed by atoms with Gasteiger partial charge in [-0.2, -0.15) is 4.98 Å². The van der Waals surface area contributed by atoms with Crippen molar-refractivity contribution in [3.63, 3.8) is 0 Å². The number of ether oxygens (including phenoxy) is 1. The van der Waals surface area contributed by atoms with Gasteiger partial charge in [-0.3, -0.25) is 4.90 Å². The molecule has 160 valence electrons. The number of hydrogen-bond donors (Lipinski definition) is 1. The number of carbonyl (C=O) groups is 1. The molecule has 4 rings (SSSR count). The molecule has 8 heteroatoms. The van der Waals surface area contributed by atoms with Crippen molar-refractivity contribution in [1.82, 2.24) is 20.4 Å². The Morgan fingerprint density at radius 1 is 1.23 bits per heavy atom. The Labute approximate surface area is 179 Å². The van der Waals surface area contributed by atoms with E-state index in [1.807, 2.05) is 38.1 Å². The minimum Gasteiger partial charge on any atom is -0.497 e. The fraction of sp³-hybridized carbons (Fsp3) is 0.261. The van der Waals surface area contributed by atoms with E-state index in [9.17, 15) is 9.18 Å². The van der Waals surface area contributed by atoms with E-state index in [0.29, 0.717) is 23.4 Å². The van der Waals surface area contributed by atoms with E-state index >= 15 is 0 Å². The predicted molar refractivity (Wildman–Crippen MR) is 114 cm³/mol. The summed E-state index contributed by atoms with van der Waals surface area (Å²) in [6.07, 6.45) is 0.792. The summed E-state index contributed by atoms with van der Waals surface area (Å²) in [5.41, 5.74) is 2.75. The van der Waals surface area contributed by atoms with Gasteiger partial charge in [-0.05, 0) is 43.2 Å². The van der Waals surface area contributed by atoms with Gasteiger partial charge in [0.1, 0.15) is 11.6 Å². The zero-order chi connectivity index (χ0) is 22.0. The van der Waals surface area contributed by atoms with Crippen molar-refractivity contribution in [2.45, 2.75) is 26.3 Å². The van der Waals surface area contributed by atoms with Crippen LogP contribution in [0.3, 0.4) is 0 Å². The lowest BCUT2D eigenvalue weighted by molar-refractivity contribution is 0.205. The van der Waals surface area contributed by atoms with Gasteiger partial charge in [-0.1, -0.05) is 36.3 Å². The highest BCUT2D eigenvalue weighted by Gasteiger charge is 2.35. The molecule has 3 aromatic rings. The Balaban J connectivity index is 1.82. The van der Waals surface area contributed by atoms with Crippen molar-refractivity contribution in [3.8, 4) is 17.1 Å². The SMILES string of the molecule is CCCN1C(=O)NC(c2cccc(OC)c2)C(c2nc(-c3cccc(F)c3)no2)=C1C. The summed E-state index contributed by atoms with van der Waals surface area (Å²) in [7, 11) is 1.59. The maximum Gasteiger partial charge on any atom is 0.322 e. The number of allylic oxidation sites excluding steroid dienone is 1. The number of nitrogens with zero attached hydrogens (tertiary/aromatic N) is 3. The summed E-state index contributed by atoms with van der Waals surface area (Å²) in [5.74, 6) is 0.835. The predicted octanol–water partition coefficient (Wildman–Crippen LogP) is 4.79. The van der Waals surface area contributed by atoms with E-state index in [4.69, 9.17) is 9.26 Å². The Bertz CT molecular complexity index is 1140. The molecule has 0 aliphatic carbocycles. The Hall–Kier alpha value is -3.68. The summed E-state index contributed by atoms with van der Waals surface area (Å²) in [6.45, 7) is 4.42.